The molecule has 0 bridgehead atoms. The molecule has 0 aromatic heterocycles. The molecule has 120 valence electrons. The summed E-state index contributed by atoms with van der Waals surface area (Å²) in [6, 6.07) is 0. The second-order valence-electron chi connectivity index (χ2n) is 7.22. The van der Waals surface area contributed by atoms with Gasteiger partial charge < -0.3 is 14.9 Å². The van der Waals surface area contributed by atoms with Crippen molar-refractivity contribution in [3.8, 4) is 0 Å². The van der Waals surface area contributed by atoms with Crippen LogP contribution in [0, 0.1) is 5.92 Å². The minimum atomic E-state index is -0.439. The average molecular weight is 295 g/mol. The first-order valence-corrected chi connectivity index (χ1v) is 8.48. The summed E-state index contributed by atoms with van der Waals surface area (Å²) in [5.41, 5.74) is -0.439. The number of hydrogen-bond donors (Lipinski definition) is 1. The summed E-state index contributed by atoms with van der Waals surface area (Å²) in [5.74, 6) is 0.643. The predicted octanol–water partition coefficient (Wildman–Crippen LogP) is 0.387. The highest BCUT2D eigenvalue weighted by atomic mass is 16.3. The van der Waals surface area contributed by atoms with Crippen molar-refractivity contribution in [2.45, 2.75) is 37.7 Å². The summed E-state index contributed by atoms with van der Waals surface area (Å²) in [4.78, 5) is 19.0. The average Bonchev–Trinajstić information content (AvgIpc) is 2.48. The van der Waals surface area contributed by atoms with Gasteiger partial charge in [-0.1, -0.05) is 12.8 Å². The SMILES string of the molecule is CN1CCN(C(=O)CN2CCC3(O)CCCCC3C2)CC1. The third-order valence-electron chi connectivity index (χ3n) is 5.73. The normalized spacial score (nSPS) is 35.5. The van der Waals surface area contributed by atoms with Gasteiger partial charge in [-0.15, -0.1) is 0 Å². The van der Waals surface area contributed by atoms with E-state index in [0.29, 0.717) is 12.5 Å². The van der Waals surface area contributed by atoms with Crippen LogP contribution in [0.3, 0.4) is 0 Å². The van der Waals surface area contributed by atoms with Gasteiger partial charge in [0.05, 0.1) is 12.1 Å². The molecule has 3 rings (SSSR count). The highest BCUT2D eigenvalue weighted by Gasteiger charge is 2.43. The summed E-state index contributed by atoms with van der Waals surface area (Å²) >= 11 is 0. The molecule has 1 amide bonds. The maximum Gasteiger partial charge on any atom is 0.236 e. The van der Waals surface area contributed by atoms with Gasteiger partial charge in [-0.3, -0.25) is 9.69 Å². The summed E-state index contributed by atoms with van der Waals surface area (Å²) in [6.45, 7) is 5.98. The molecule has 2 atom stereocenters. The molecule has 3 fully saturated rings. The molecule has 1 aliphatic carbocycles. The largest absolute Gasteiger partial charge is 0.390 e. The zero-order chi connectivity index (χ0) is 14.9. The lowest BCUT2D eigenvalue weighted by atomic mass is 9.71. The quantitative estimate of drug-likeness (QED) is 0.800. The maximum atomic E-state index is 12.4. The van der Waals surface area contributed by atoms with Crippen LogP contribution in [-0.4, -0.2) is 84.2 Å². The van der Waals surface area contributed by atoms with E-state index in [1.807, 2.05) is 4.90 Å². The molecule has 0 aromatic rings. The topological polar surface area (TPSA) is 47.0 Å². The number of piperidine rings is 1. The molecule has 2 unspecified atom stereocenters. The Balaban J connectivity index is 1.51. The van der Waals surface area contributed by atoms with Gasteiger partial charge in [-0.05, 0) is 26.3 Å². The van der Waals surface area contributed by atoms with Crippen molar-refractivity contribution in [3.05, 3.63) is 0 Å². The summed E-state index contributed by atoms with van der Waals surface area (Å²) in [6.07, 6.45) is 5.31. The molecule has 0 aromatic carbocycles. The number of likely N-dealkylation sites (tertiary alicyclic amines) is 1. The van der Waals surface area contributed by atoms with E-state index >= 15 is 0 Å². The predicted molar refractivity (Wildman–Crippen MR) is 82.0 cm³/mol. The molecule has 0 spiro atoms. The molecule has 2 saturated heterocycles. The molecule has 1 saturated carbocycles. The minimum Gasteiger partial charge on any atom is -0.390 e. The Kier molecular flexibility index (Phi) is 4.52. The molecule has 3 aliphatic rings. The fourth-order valence-electron chi connectivity index (χ4n) is 4.13. The van der Waals surface area contributed by atoms with Gasteiger partial charge in [0.25, 0.3) is 0 Å². The van der Waals surface area contributed by atoms with Crippen LogP contribution < -0.4 is 0 Å². The van der Waals surface area contributed by atoms with Crippen LogP contribution in [0.25, 0.3) is 0 Å². The van der Waals surface area contributed by atoms with E-state index in [1.165, 1.54) is 6.42 Å². The van der Waals surface area contributed by atoms with Crippen molar-refractivity contribution in [2.75, 3.05) is 52.9 Å². The van der Waals surface area contributed by atoms with Gasteiger partial charge in [-0.25, -0.2) is 0 Å². The highest BCUT2D eigenvalue weighted by molar-refractivity contribution is 5.78. The van der Waals surface area contributed by atoms with Gasteiger partial charge in [0.2, 0.25) is 5.91 Å². The van der Waals surface area contributed by atoms with Crippen molar-refractivity contribution in [2.24, 2.45) is 5.92 Å². The molecule has 2 aliphatic heterocycles. The number of likely N-dealkylation sites (N-methyl/N-ethyl adjacent to an activating group) is 1. The number of aliphatic hydroxyl groups is 1. The number of rotatable bonds is 2. The molecular formula is C16H29N3O2. The Morgan fingerprint density at radius 3 is 2.67 bits per heavy atom. The van der Waals surface area contributed by atoms with Crippen molar-refractivity contribution < 1.29 is 9.90 Å². The third-order valence-corrected chi connectivity index (χ3v) is 5.73. The zero-order valence-electron chi connectivity index (χ0n) is 13.3. The highest BCUT2D eigenvalue weighted by Crippen LogP contribution is 2.39. The van der Waals surface area contributed by atoms with Crippen LogP contribution in [0.4, 0.5) is 0 Å². The smallest absolute Gasteiger partial charge is 0.236 e. The fraction of sp³-hybridized carbons (Fsp3) is 0.938. The van der Waals surface area contributed by atoms with E-state index in [4.69, 9.17) is 0 Å². The third kappa shape index (κ3) is 3.41. The molecule has 2 heterocycles. The monoisotopic (exact) mass is 295 g/mol. The van der Waals surface area contributed by atoms with Crippen molar-refractivity contribution in [1.29, 1.82) is 0 Å². The first-order chi connectivity index (χ1) is 10.1. The summed E-state index contributed by atoms with van der Waals surface area (Å²) in [7, 11) is 2.11. The number of piperazine rings is 1. The lowest BCUT2D eigenvalue weighted by Crippen LogP contribution is -2.56. The lowest BCUT2D eigenvalue weighted by Gasteiger charge is -2.47. The van der Waals surface area contributed by atoms with E-state index in [1.54, 1.807) is 0 Å². The van der Waals surface area contributed by atoms with Crippen LogP contribution in [0.5, 0.6) is 0 Å². The van der Waals surface area contributed by atoms with Crippen LogP contribution in [0.15, 0.2) is 0 Å². The van der Waals surface area contributed by atoms with Gasteiger partial charge in [0.1, 0.15) is 0 Å². The first-order valence-electron chi connectivity index (χ1n) is 8.48. The van der Waals surface area contributed by atoms with E-state index in [9.17, 15) is 9.90 Å². The lowest BCUT2D eigenvalue weighted by molar-refractivity contribution is -0.138. The number of hydrogen-bond acceptors (Lipinski definition) is 4. The van der Waals surface area contributed by atoms with Crippen LogP contribution in [-0.2, 0) is 4.79 Å². The zero-order valence-corrected chi connectivity index (χ0v) is 13.3. The second-order valence-corrected chi connectivity index (χ2v) is 7.22. The summed E-state index contributed by atoms with van der Waals surface area (Å²) < 4.78 is 0. The van der Waals surface area contributed by atoms with Crippen molar-refractivity contribution >= 4 is 5.91 Å². The number of fused-ring (bicyclic) bond motifs is 1. The Bertz CT molecular complexity index is 382. The molecule has 1 N–H and O–H groups in total. The Morgan fingerprint density at radius 2 is 1.90 bits per heavy atom. The number of amides is 1. The maximum absolute atomic E-state index is 12.4. The molecule has 5 nitrogen and oxygen atoms in total. The second kappa shape index (κ2) is 6.23. The van der Waals surface area contributed by atoms with E-state index in [0.717, 1.165) is 65.0 Å². The van der Waals surface area contributed by atoms with Crippen molar-refractivity contribution in [3.63, 3.8) is 0 Å². The molecule has 21 heavy (non-hydrogen) atoms. The molecule has 0 radical (unpaired) electrons. The standard InChI is InChI=1S/C16H29N3O2/c1-17-8-10-19(11-9-17)15(20)13-18-7-6-16(21)5-3-2-4-14(16)12-18/h14,21H,2-13H2,1H3. The number of nitrogens with zero attached hydrogens (tertiary/aromatic N) is 3. The van der Waals surface area contributed by atoms with Crippen molar-refractivity contribution in [1.82, 2.24) is 14.7 Å². The van der Waals surface area contributed by atoms with Gasteiger partial charge in [0, 0.05) is 45.2 Å². The van der Waals surface area contributed by atoms with E-state index in [-0.39, 0.29) is 5.91 Å². The van der Waals surface area contributed by atoms with Crippen LogP contribution in [0.2, 0.25) is 0 Å². The van der Waals surface area contributed by atoms with Gasteiger partial charge >= 0.3 is 0 Å². The van der Waals surface area contributed by atoms with Gasteiger partial charge in [0.15, 0.2) is 0 Å². The van der Waals surface area contributed by atoms with Crippen LogP contribution >= 0.6 is 0 Å². The van der Waals surface area contributed by atoms with Crippen LogP contribution in [0.1, 0.15) is 32.1 Å². The Hall–Kier alpha value is -0.650. The van der Waals surface area contributed by atoms with Gasteiger partial charge in [-0.2, -0.15) is 0 Å². The Morgan fingerprint density at radius 1 is 1.14 bits per heavy atom. The number of carbonyl (C=O) groups excluding carboxylic acids is 1. The Labute approximate surface area is 127 Å². The summed E-state index contributed by atoms with van der Waals surface area (Å²) in [5, 5.41) is 10.7. The van der Waals surface area contributed by atoms with E-state index < -0.39 is 5.60 Å². The molecule has 5 heteroatoms. The molecular weight excluding hydrogens is 266 g/mol. The number of carbonyl (C=O) groups is 1. The minimum absolute atomic E-state index is 0.268. The first kappa shape index (κ1) is 15.3. The fourth-order valence-corrected chi connectivity index (χ4v) is 4.13. The van der Waals surface area contributed by atoms with E-state index in [2.05, 4.69) is 16.8 Å².